The van der Waals surface area contributed by atoms with Crippen molar-refractivity contribution in [2.24, 2.45) is 5.92 Å². The van der Waals surface area contributed by atoms with Crippen LogP contribution in [0.3, 0.4) is 0 Å². The van der Waals surface area contributed by atoms with Crippen molar-refractivity contribution in [1.29, 1.82) is 0 Å². The quantitative estimate of drug-likeness (QED) is 0.751. The van der Waals surface area contributed by atoms with Gasteiger partial charge < -0.3 is 10.4 Å². The molecule has 2 heteroatoms. The molecule has 0 heterocycles. The highest BCUT2D eigenvalue weighted by Crippen LogP contribution is 2.24. The standard InChI is InChI=1S/C13H25NO/c15-13-9-5-4-6-11(13)10-14-12-7-2-1-3-8-12/h11-15H,1-10H2/t11-,13+/m0/s1. The van der Waals surface area contributed by atoms with Crippen LogP contribution >= 0.6 is 0 Å². The lowest BCUT2D eigenvalue weighted by Crippen LogP contribution is -2.39. The Hall–Kier alpha value is -0.0800. The maximum absolute atomic E-state index is 9.86. The zero-order valence-corrected chi connectivity index (χ0v) is 9.75. The summed E-state index contributed by atoms with van der Waals surface area (Å²) in [6.07, 6.45) is 11.7. The van der Waals surface area contributed by atoms with E-state index in [1.807, 2.05) is 0 Å². The Morgan fingerprint density at radius 3 is 2.27 bits per heavy atom. The van der Waals surface area contributed by atoms with Crippen LogP contribution in [0.1, 0.15) is 57.8 Å². The van der Waals surface area contributed by atoms with Gasteiger partial charge in [-0.15, -0.1) is 0 Å². The summed E-state index contributed by atoms with van der Waals surface area (Å²) in [7, 11) is 0. The summed E-state index contributed by atoms with van der Waals surface area (Å²) in [5.74, 6) is 0.528. The fraction of sp³-hybridized carbons (Fsp3) is 1.00. The highest BCUT2D eigenvalue weighted by atomic mass is 16.3. The molecule has 0 unspecified atom stereocenters. The van der Waals surface area contributed by atoms with Gasteiger partial charge in [0.05, 0.1) is 6.10 Å². The molecule has 2 fully saturated rings. The highest BCUT2D eigenvalue weighted by molar-refractivity contribution is 4.79. The summed E-state index contributed by atoms with van der Waals surface area (Å²) < 4.78 is 0. The van der Waals surface area contributed by atoms with E-state index < -0.39 is 0 Å². The van der Waals surface area contributed by atoms with Crippen LogP contribution in [0.5, 0.6) is 0 Å². The average molecular weight is 211 g/mol. The zero-order valence-electron chi connectivity index (χ0n) is 9.75. The van der Waals surface area contributed by atoms with Crippen LogP contribution in [0.2, 0.25) is 0 Å². The first-order valence-electron chi connectivity index (χ1n) is 6.78. The molecular formula is C13H25NO. The van der Waals surface area contributed by atoms with Crippen molar-refractivity contribution in [3.63, 3.8) is 0 Å². The lowest BCUT2D eigenvalue weighted by molar-refractivity contribution is 0.0673. The third-order valence-electron chi connectivity index (χ3n) is 4.14. The van der Waals surface area contributed by atoms with Gasteiger partial charge in [0.25, 0.3) is 0 Å². The number of rotatable bonds is 3. The van der Waals surface area contributed by atoms with E-state index in [0.717, 1.165) is 19.0 Å². The SMILES string of the molecule is O[C@@H]1CCCC[C@H]1CNC1CCCCC1. The van der Waals surface area contributed by atoms with Crippen molar-refractivity contribution in [2.45, 2.75) is 69.9 Å². The number of nitrogens with one attached hydrogen (secondary N) is 1. The predicted molar refractivity (Wildman–Crippen MR) is 62.8 cm³/mol. The lowest BCUT2D eigenvalue weighted by Gasteiger charge is -2.30. The second-order valence-corrected chi connectivity index (χ2v) is 5.36. The van der Waals surface area contributed by atoms with Crippen LogP contribution in [0, 0.1) is 5.92 Å². The van der Waals surface area contributed by atoms with Crippen molar-refractivity contribution in [3.8, 4) is 0 Å². The van der Waals surface area contributed by atoms with Crippen LogP contribution in [-0.2, 0) is 0 Å². The maximum atomic E-state index is 9.86. The molecule has 0 spiro atoms. The fourth-order valence-corrected chi connectivity index (χ4v) is 3.05. The first-order valence-corrected chi connectivity index (χ1v) is 6.78. The van der Waals surface area contributed by atoms with Crippen molar-refractivity contribution in [2.75, 3.05) is 6.54 Å². The lowest BCUT2D eigenvalue weighted by atomic mass is 9.86. The van der Waals surface area contributed by atoms with E-state index in [1.54, 1.807) is 0 Å². The molecule has 2 rings (SSSR count). The molecule has 0 radical (unpaired) electrons. The van der Waals surface area contributed by atoms with E-state index in [4.69, 9.17) is 0 Å². The molecule has 88 valence electrons. The Morgan fingerprint density at radius 1 is 0.867 bits per heavy atom. The smallest absolute Gasteiger partial charge is 0.0580 e. The molecule has 0 aliphatic heterocycles. The minimum atomic E-state index is -0.0326. The molecule has 2 atom stereocenters. The van der Waals surface area contributed by atoms with Gasteiger partial charge >= 0.3 is 0 Å². The van der Waals surface area contributed by atoms with Gasteiger partial charge in [-0.05, 0) is 31.6 Å². The van der Waals surface area contributed by atoms with Gasteiger partial charge in [-0.3, -0.25) is 0 Å². The van der Waals surface area contributed by atoms with Crippen LogP contribution in [0.25, 0.3) is 0 Å². The predicted octanol–water partition coefficient (Wildman–Crippen LogP) is 2.46. The van der Waals surface area contributed by atoms with E-state index in [-0.39, 0.29) is 6.10 Å². The summed E-state index contributed by atoms with van der Waals surface area (Å²) in [5.41, 5.74) is 0. The Bertz CT molecular complexity index is 177. The van der Waals surface area contributed by atoms with Crippen LogP contribution in [0.4, 0.5) is 0 Å². The molecule has 2 nitrogen and oxygen atoms in total. The molecule has 2 saturated carbocycles. The minimum absolute atomic E-state index is 0.0326. The fourth-order valence-electron chi connectivity index (χ4n) is 3.05. The van der Waals surface area contributed by atoms with Gasteiger partial charge in [0.2, 0.25) is 0 Å². The third kappa shape index (κ3) is 3.46. The zero-order chi connectivity index (χ0) is 10.5. The molecule has 2 N–H and O–H groups in total. The summed E-state index contributed by atoms with van der Waals surface area (Å²) in [4.78, 5) is 0. The van der Waals surface area contributed by atoms with Crippen molar-refractivity contribution < 1.29 is 5.11 Å². The van der Waals surface area contributed by atoms with Gasteiger partial charge in [-0.2, -0.15) is 0 Å². The molecule has 0 saturated heterocycles. The Kier molecular flexibility index (Phi) is 4.45. The molecule has 0 amide bonds. The summed E-state index contributed by atoms with van der Waals surface area (Å²) >= 11 is 0. The van der Waals surface area contributed by atoms with Crippen molar-refractivity contribution in [1.82, 2.24) is 5.32 Å². The highest BCUT2D eigenvalue weighted by Gasteiger charge is 2.23. The van der Waals surface area contributed by atoms with E-state index in [2.05, 4.69) is 5.32 Å². The van der Waals surface area contributed by atoms with Gasteiger partial charge in [0.15, 0.2) is 0 Å². The molecule has 0 bridgehead atoms. The van der Waals surface area contributed by atoms with Gasteiger partial charge in [0, 0.05) is 12.6 Å². The number of aliphatic hydroxyl groups excluding tert-OH is 1. The van der Waals surface area contributed by atoms with Crippen LogP contribution < -0.4 is 5.32 Å². The second-order valence-electron chi connectivity index (χ2n) is 5.36. The first kappa shape index (κ1) is 11.4. The summed E-state index contributed by atoms with van der Waals surface area (Å²) in [6, 6.07) is 0.743. The van der Waals surface area contributed by atoms with E-state index in [9.17, 15) is 5.11 Å². The summed E-state index contributed by atoms with van der Waals surface area (Å²) in [6.45, 7) is 1.05. The third-order valence-corrected chi connectivity index (χ3v) is 4.14. The Balaban J connectivity index is 1.67. The Labute approximate surface area is 93.5 Å². The van der Waals surface area contributed by atoms with Crippen molar-refractivity contribution >= 4 is 0 Å². The van der Waals surface area contributed by atoms with Gasteiger partial charge in [-0.1, -0.05) is 32.1 Å². The number of aliphatic hydroxyl groups is 1. The van der Waals surface area contributed by atoms with E-state index >= 15 is 0 Å². The molecule has 0 aromatic rings. The van der Waals surface area contributed by atoms with E-state index in [1.165, 1.54) is 51.4 Å². The first-order chi connectivity index (χ1) is 7.36. The monoisotopic (exact) mass is 211 g/mol. The molecule has 2 aliphatic rings. The normalized spacial score (nSPS) is 34.2. The molecular weight excluding hydrogens is 186 g/mol. The largest absolute Gasteiger partial charge is 0.393 e. The van der Waals surface area contributed by atoms with Gasteiger partial charge in [0.1, 0.15) is 0 Å². The minimum Gasteiger partial charge on any atom is -0.393 e. The van der Waals surface area contributed by atoms with Crippen LogP contribution in [-0.4, -0.2) is 23.8 Å². The van der Waals surface area contributed by atoms with Crippen LogP contribution in [0.15, 0.2) is 0 Å². The molecule has 2 aliphatic carbocycles. The average Bonchev–Trinajstić information content (AvgIpc) is 2.29. The maximum Gasteiger partial charge on any atom is 0.0580 e. The number of hydrogen-bond donors (Lipinski definition) is 2. The second kappa shape index (κ2) is 5.86. The number of hydrogen-bond acceptors (Lipinski definition) is 2. The topological polar surface area (TPSA) is 32.3 Å². The summed E-state index contributed by atoms with van der Waals surface area (Å²) in [5, 5.41) is 13.5. The molecule has 15 heavy (non-hydrogen) atoms. The molecule has 0 aromatic carbocycles. The van der Waals surface area contributed by atoms with Crippen molar-refractivity contribution in [3.05, 3.63) is 0 Å². The van der Waals surface area contributed by atoms with E-state index in [0.29, 0.717) is 5.92 Å². The molecule has 0 aromatic heterocycles. The van der Waals surface area contributed by atoms with Gasteiger partial charge in [-0.25, -0.2) is 0 Å². The Morgan fingerprint density at radius 2 is 1.53 bits per heavy atom.